The molecule has 148 valence electrons. The van der Waals surface area contributed by atoms with E-state index in [1.54, 1.807) is 36.4 Å². The summed E-state index contributed by atoms with van der Waals surface area (Å²) in [5.41, 5.74) is 7.48. The number of hydrogen-bond donors (Lipinski definition) is 1. The number of nitrogens with zero attached hydrogens (tertiary/aromatic N) is 3. The number of benzene rings is 2. The Morgan fingerprint density at radius 1 is 1.10 bits per heavy atom. The van der Waals surface area contributed by atoms with E-state index in [-0.39, 0.29) is 11.8 Å². The van der Waals surface area contributed by atoms with E-state index in [2.05, 4.69) is 17.0 Å². The van der Waals surface area contributed by atoms with Crippen LogP contribution in [-0.2, 0) is 0 Å². The van der Waals surface area contributed by atoms with Gasteiger partial charge in [0.15, 0.2) is 11.4 Å². The number of ether oxygens (including phenoxy) is 1. The highest BCUT2D eigenvalue weighted by molar-refractivity contribution is 7.22. The Morgan fingerprint density at radius 3 is 2.48 bits per heavy atom. The predicted molar refractivity (Wildman–Crippen MR) is 111 cm³/mol. The van der Waals surface area contributed by atoms with Crippen molar-refractivity contribution >= 4 is 44.2 Å². The minimum absolute atomic E-state index is 0.328. The van der Waals surface area contributed by atoms with Crippen molar-refractivity contribution < 1.29 is 19.9 Å². The Hall–Kier alpha value is -3.13. The monoisotopic (exact) mass is 409 g/mol. The van der Waals surface area contributed by atoms with E-state index in [4.69, 9.17) is 10.3 Å². The van der Waals surface area contributed by atoms with Crippen molar-refractivity contribution in [2.75, 3.05) is 11.5 Å². The molecule has 1 aliphatic heterocycles. The van der Waals surface area contributed by atoms with Gasteiger partial charge in [-0.15, -0.1) is 0 Å². The first-order chi connectivity index (χ1) is 14.1. The van der Waals surface area contributed by atoms with Crippen LogP contribution in [0.2, 0.25) is 0 Å². The van der Waals surface area contributed by atoms with Crippen molar-refractivity contribution in [1.82, 2.24) is 4.98 Å². The molecule has 1 aromatic heterocycles. The Kier molecular flexibility index (Phi) is 5.35. The summed E-state index contributed by atoms with van der Waals surface area (Å²) < 4.78 is 6.63. The number of thiazole rings is 1. The summed E-state index contributed by atoms with van der Waals surface area (Å²) in [4.78, 5) is 31.1. The lowest BCUT2D eigenvalue weighted by Crippen LogP contribution is -2.29. The summed E-state index contributed by atoms with van der Waals surface area (Å²) in [6, 6.07) is 10.3. The molecule has 2 N–H and O–H groups in total. The Balaban J connectivity index is 1.62. The van der Waals surface area contributed by atoms with Crippen LogP contribution in [-0.4, -0.2) is 23.4 Å². The maximum atomic E-state index is 12.7. The quantitative estimate of drug-likeness (QED) is 0.347. The van der Waals surface area contributed by atoms with Crippen LogP contribution in [0.4, 0.5) is 10.8 Å². The Bertz CT molecular complexity index is 1070. The molecule has 7 nitrogen and oxygen atoms in total. The van der Waals surface area contributed by atoms with Gasteiger partial charge in [0.2, 0.25) is 5.13 Å². The number of hydrogen-bond acceptors (Lipinski definition) is 6. The van der Waals surface area contributed by atoms with Crippen LogP contribution < -0.4 is 15.2 Å². The molecular weight excluding hydrogens is 388 g/mol. The zero-order chi connectivity index (χ0) is 20.4. The normalized spacial score (nSPS) is 13.2. The molecule has 29 heavy (non-hydrogen) atoms. The summed E-state index contributed by atoms with van der Waals surface area (Å²) in [6.07, 6.45) is 4.39. The first kappa shape index (κ1) is 19.2. The summed E-state index contributed by atoms with van der Waals surface area (Å²) >= 11 is 1.25. The Labute approximate surface area is 171 Å². The molecule has 2 heterocycles. The van der Waals surface area contributed by atoms with Crippen LogP contribution in [0.25, 0.3) is 10.2 Å². The largest absolute Gasteiger partial charge is 0.491 e. The molecule has 2 aromatic carbocycles. The third-order valence-electron chi connectivity index (χ3n) is 4.84. The standard InChI is InChI=1S/C21H20N4O3S/c1-2-3-4-7-10-28-17-11-16-18(12-15(17)24-22)29-21(23-16)25-19(26)13-8-5-6-9-14(13)20(25)27/h5-6,8-9,11-12,22H,2-4,7,10H2,1H3/p+1. The summed E-state index contributed by atoms with van der Waals surface area (Å²) in [5.74, 6) is -0.169. The topological polar surface area (TPSA) is 97.5 Å². The van der Waals surface area contributed by atoms with Gasteiger partial charge in [-0.2, -0.15) is 5.53 Å². The minimum Gasteiger partial charge on any atom is -0.491 e. The maximum Gasteiger partial charge on any atom is 0.268 e. The number of unbranched alkanes of at least 4 members (excludes halogenated alkanes) is 3. The van der Waals surface area contributed by atoms with Gasteiger partial charge < -0.3 is 4.74 Å². The first-order valence-electron chi connectivity index (χ1n) is 9.60. The molecule has 0 unspecified atom stereocenters. The number of fused-ring (bicyclic) bond motifs is 2. The molecule has 0 saturated carbocycles. The van der Waals surface area contributed by atoms with E-state index in [1.165, 1.54) is 17.8 Å². The lowest BCUT2D eigenvalue weighted by molar-refractivity contribution is -0.210. The van der Waals surface area contributed by atoms with Gasteiger partial charge in [0, 0.05) is 6.07 Å². The van der Waals surface area contributed by atoms with Crippen molar-refractivity contribution in [3.8, 4) is 5.75 Å². The lowest BCUT2D eigenvalue weighted by atomic mass is 10.1. The molecule has 0 radical (unpaired) electrons. The van der Waals surface area contributed by atoms with E-state index in [0.29, 0.717) is 39.8 Å². The van der Waals surface area contributed by atoms with Gasteiger partial charge in [0.05, 0.1) is 28.0 Å². The second-order valence-electron chi connectivity index (χ2n) is 6.81. The molecule has 0 saturated heterocycles. The fourth-order valence-electron chi connectivity index (χ4n) is 3.32. The summed E-state index contributed by atoms with van der Waals surface area (Å²) in [5, 5.41) is 4.14. The van der Waals surface area contributed by atoms with Crippen LogP contribution in [0.3, 0.4) is 0 Å². The number of amides is 2. The minimum atomic E-state index is -0.360. The number of aromatic nitrogens is 1. The smallest absolute Gasteiger partial charge is 0.268 e. The maximum absolute atomic E-state index is 12.7. The van der Waals surface area contributed by atoms with Gasteiger partial charge in [-0.25, -0.2) is 9.88 Å². The highest BCUT2D eigenvalue weighted by Gasteiger charge is 2.38. The Morgan fingerprint density at radius 2 is 1.83 bits per heavy atom. The zero-order valence-electron chi connectivity index (χ0n) is 16.1. The molecule has 3 aromatic rings. The predicted octanol–water partition coefficient (Wildman–Crippen LogP) is 3.90. The first-order valence-corrected chi connectivity index (χ1v) is 10.4. The van der Waals surface area contributed by atoms with Crippen LogP contribution in [0.1, 0.15) is 53.3 Å². The van der Waals surface area contributed by atoms with Gasteiger partial charge in [-0.1, -0.05) is 49.7 Å². The molecule has 0 aliphatic carbocycles. The van der Waals surface area contributed by atoms with E-state index in [0.717, 1.165) is 28.9 Å². The summed E-state index contributed by atoms with van der Waals surface area (Å²) in [6.45, 7) is 2.73. The third kappa shape index (κ3) is 3.51. The number of nitrogens with two attached hydrogens (primary N) is 1. The van der Waals surface area contributed by atoms with Crippen LogP contribution in [0, 0.1) is 0 Å². The number of anilines is 1. The van der Waals surface area contributed by atoms with E-state index in [1.807, 2.05) is 0 Å². The molecular formula is C21H21N4O3S+. The average molecular weight is 409 g/mol. The van der Waals surface area contributed by atoms with Crippen LogP contribution >= 0.6 is 11.3 Å². The second kappa shape index (κ2) is 8.08. The highest BCUT2D eigenvalue weighted by Crippen LogP contribution is 2.39. The third-order valence-corrected chi connectivity index (χ3v) is 5.84. The van der Waals surface area contributed by atoms with Crippen LogP contribution in [0.15, 0.2) is 41.5 Å². The van der Waals surface area contributed by atoms with Crippen molar-refractivity contribution in [2.45, 2.75) is 32.6 Å². The van der Waals surface area contributed by atoms with Gasteiger partial charge in [0.1, 0.15) is 0 Å². The van der Waals surface area contributed by atoms with E-state index >= 15 is 0 Å². The van der Waals surface area contributed by atoms with E-state index < -0.39 is 0 Å². The number of carbonyl (C=O) groups is 2. The van der Waals surface area contributed by atoms with Crippen molar-refractivity contribution in [2.24, 2.45) is 5.11 Å². The molecule has 0 fully saturated rings. The fraction of sp³-hybridized carbons (Fsp3) is 0.286. The molecule has 0 atom stereocenters. The SMILES string of the molecule is CCCCCCOc1cc2nc(N3C(=O)c4ccccc4C3=O)sc2cc1N=[NH2+]. The van der Waals surface area contributed by atoms with Gasteiger partial charge in [-0.05, 0) is 29.7 Å². The highest BCUT2D eigenvalue weighted by atomic mass is 32.1. The van der Waals surface area contributed by atoms with Gasteiger partial charge >= 0.3 is 0 Å². The van der Waals surface area contributed by atoms with Crippen molar-refractivity contribution in [3.63, 3.8) is 0 Å². The number of carbonyl (C=O) groups excluding carboxylic acids is 2. The van der Waals surface area contributed by atoms with Gasteiger partial charge in [0.25, 0.3) is 11.8 Å². The van der Waals surface area contributed by atoms with E-state index in [9.17, 15) is 9.59 Å². The zero-order valence-corrected chi connectivity index (χ0v) is 16.9. The molecule has 4 rings (SSSR count). The molecule has 1 aliphatic rings. The average Bonchev–Trinajstić information content (AvgIpc) is 3.25. The number of rotatable bonds is 8. The molecule has 0 bridgehead atoms. The van der Waals surface area contributed by atoms with Crippen LogP contribution in [0.5, 0.6) is 5.75 Å². The van der Waals surface area contributed by atoms with Crippen molar-refractivity contribution in [3.05, 3.63) is 47.5 Å². The lowest BCUT2D eigenvalue weighted by Gasteiger charge is -2.08. The van der Waals surface area contributed by atoms with Gasteiger partial charge in [-0.3, -0.25) is 9.59 Å². The van der Waals surface area contributed by atoms with Crippen molar-refractivity contribution in [1.29, 1.82) is 0 Å². The summed E-state index contributed by atoms with van der Waals surface area (Å²) in [7, 11) is 0. The second-order valence-corrected chi connectivity index (χ2v) is 7.82. The molecule has 2 amide bonds. The molecule has 0 spiro atoms. The molecule has 8 heteroatoms. The number of imide groups is 1. The fourth-order valence-corrected chi connectivity index (χ4v) is 4.30.